The highest BCUT2D eigenvalue weighted by Crippen LogP contribution is 2.35. The number of esters is 1. The molecule has 0 radical (unpaired) electrons. The molecule has 0 aliphatic heterocycles. The van der Waals surface area contributed by atoms with E-state index in [1.54, 1.807) is 24.3 Å². The van der Waals surface area contributed by atoms with Gasteiger partial charge in [0.25, 0.3) is 0 Å². The Labute approximate surface area is 244 Å². The number of benzene rings is 2. The van der Waals surface area contributed by atoms with E-state index in [4.69, 9.17) is 4.74 Å². The van der Waals surface area contributed by atoms with Crippen molar-refractivity contribution < 1.29 is 29.6 Å². The lowest BCUT2D eigenvalue weighted by atomic mass is 9.78. The lowest BCUT2D eigenvalue weighted by Gasteiger charge is -2.32. The maximum Gasteiger partial charge on any atom is 0.306 e. The van der Waals surface area contributed by atoms with Gasteiger partial charge in [-0.1, -0.05) is 68.5 Å². The summed E-state index contributed by atoms with van der Waals surface area (Å²) in [4.78, 5) is 26.7. The van der Waals surface area contributed by atoms with Gasteiger partial charge in [-0.2, -0.15) is 0 Å². The number of amides is 1. The van der Waals surface area contributed by atoms with Crippen LogP contribution in [0.3, 0.4) is 0 Å². The number of nitrogens with one attached hydrogen (secondary N) is 1. The Morgan fingerprint density at radius 2 is 1.71 bits per heavy atom. The van der Waals surface area contributed by atoms with Gasteiger partial charge < -0.3 is 25.4 Å². The minimum absolute atomic E-state index is 0.108. The van der Waals surface area contributed by atoms with Gasteiger partial charge in [0.15, 0.2) is 0 Å². The van der Waals surface area contributed by atoms with Gasteiger partial charge in [0.1, 0.15) is 11.4 Å². The van der Waals surface area contributed by atoms with E-state index >= 15 is 0 Å². The van der Waals surface area contributed by atoms with Crippen LogP contribution in [0.15, 0.2) is 48.5 Å². The minimum atomic E-state index is -0.877. The van der Waals surface area contributed by atoms with Crippen LogP contribution in [0.2, 0.25) is 0 Å². The fraction of sp³-hybridized carbons (Fsp3) is 0.588. The molecule has 7 heteroatoms. The van der Waals surface area contributed by atoms with Crippen LogP contribution in [0.1, 0.15) is 94.9 Å². The topological polar surface area (TPSA) is 116 Å². The molecule has 5 atom stereocenters. The average Bonchev–Trinajstić information content (AvgIpc) is 3.23. The zero-order valence-corrected chi connectivity index (χ0v) is 24.7. The Kier molecular flexibility index (Phi) is 10.5. The molecule has 2 aromatic rings. The first-order valence-corrected chi connectivity index (χ1v) is 15.2. The van der Waals surface area contributed by atoms with Crippen LogP contribution in [0.25, 0.3) is 0 Å². The van der Waals surface area contributed by atoms with E-state index in [0.29, 0.717) is 18.8 Å². The number of ether oxygens (including phenoxy) is 1. The molecule has 2 aliphatic carbocycles. The maximum atomic E-state index is 13.8. The first-order chi connectivity index (χ1) is 19.5. The Bertz CT molecular complexity index is 1150. The van der Waals surface area contributed by atoms with E-state index < -0.39 is 29.8 Å². The van der Waals surface area contributed by atoms with Gasteiger partial charge in [0.2, 0.25) is 5.91 Å². The molecule has 4 rings (SSSR count). The van der Waals surface area contributed by atoms with Crippen LogP contribution in [0.4, 0.5) is 0 Å². The highest BCUT2D eigenvalue weighted by molar-refractivity contribution is 5.80. The maximum absolute atomic E-state index is 13.8. The number of aliphatic hydroxyl groups excluding tert-OH is 2. The molecule has 1 amide bonds. The van der Waals surface area contributed by atoms with Crippen LogP contribution >= 0.6 is 0 Å². The van der Waals surface area contributed by atoms with Crippen molar-refractivity contribution in [3.05, 3.63) is 65.2 Å². The SMILES string of the molecule is CC(C)(C)OC(=O)C[C@@H](CC1CCCCC1)[C@@H](O)C[C@H](Cc1ccc(O)cc1)C(=O)N[C@H]1c2ccccc2C[C@H]1O. The highest BCUT2D eigenvalue weighted by Gasteiger charge is 2.36. The molecule has 7 nitrogen and oxygen atoms in total. The molecule has 0 bridgehead atoms. The first-order valence-electron chi connectivity index (χ1n) is 15.2. The molecule has 224 valence electrons. The number of carbonyl (C=O) groups excluding carboxylic acids is 2. The number of aliphatic hydroxyl groups is 2. The summed E-state index contributed by atoms with van der Waals surface area (Å²) in [7, 11) is 0. The van der Waals surface area contributed by atoms with Crippen LogP contribution in [0.5, 0.6) is 5.75 Å². The lowest BCUT2D eigenvalue weighted by Crippen LogP contribution is -2.41. The van der Waals surface area contributed by atoms with Crippen molar-refractivity contribution in [3.63, 3.8) is 0 Å². The summed E-state index contributed by atoms with van der Waals surface area (Å²) in [5, 5.41) is 35.2. The Morgan fingerprint density at radius 3 is 2.39 bits per heavy atom. The number of fused-ring (bicyclic) bond motifs is 1. The number of carbonyl (C=O) groups is 2. The summed E-state index contributed by atoms with van der Waals surface area (Å²) in [5.41, 5.74) is 2.18. The third-order valence-electron chi connectivity index (χ3n) is 8.57. The molecule has 4 N–H and O–H groups in total. The fourth-order valence-corrected chi connectivity index (χ4v) is 6.53. The molecule has 0 aromatic heterocycles. The van der Waals surface area contributed by atoms with Gasteiger partial charge in [-0.25, -0.2) is 0 Å². The van der Waals surface area contributed by atoms with Crippen molar-refractivity contribution >= 4 is 11.9 Å². The molecule has 1 saturated carbocycles. The van der Waals surface area contributed by atoms with Gasteiger partial charge in [-0.3, -0.25) is 9.59 Å². The van der Waals surface area contributed by atoms with Crippen molar-refractivity contribution in [2.75, 3.05) is 0 Å². The van der Waals surface area contributed by atoms with Gasteiger partial charge in [-0.05, 0) is 80.7 Å². The van der Waals surface area contributed by atoms with E-state index in [1.165, 1.54) is 6.42 Å². The Morgan fingerprint density at radius 1 is 1.02 bits per heavy atom. The second-order valence-corrected chi connectivity index (χ2v) is 13.1. The Balaban J connectivity index is 1.53. The van der Waals surface area contributed by atoms with Crippen LogP contribution in [-0.4, -0.2) is 45.0 Å². The number of hydrogen-bond donors (Lipinski definition) is 4. The van der Waals surface area contributed by atoms with Gasteiger partial charge in [-0.15, -0.1) is 0 Å². The quantitative estimate of drug-likeness (QED) is 0.271. The summed E-state index contributed by atoms with van der Waals surface area (Å²) >= 11 is 0. The van der Waals surface area contributed by atoms with Crippen molar-refractivity contribution in [1.82, 2.24) is 5.32 Å². The molecule has 0 spiro atoms. The first kappa shape index (κ1) is 31.0. The van der Waals surface area contributed by atoms with Gasteiger partial charge in [0, 0.05) is 12.3 Å². The summed E-state index contributed by atoms with van der Waals surface area (Å²) in [6.07, 6.45) is 5.98. The summed E-state index contributed by atoms with van der Waals surface area (Å²) in [6, 6.07) is 14.0. The molecular formula is C34H47NO6. The van der Waals surface area contributed by atoms with Crippen molar-refractivity contribution in [3.8, 4) is 5.75 Å². The number of phenolic OH excluding ortho intramolecular Hbond substituents is 1. The van der Waals surface area contributed by atoms with Gasteiger partial charge >= 0.3 is 5.97 Å². The Hall–Kier alpha value is -2.90. The molecule has 2 aromatic carbocycles. The molecule has 0 saturated heterocycles. The predicted octanol–water partition coefficient (Wildman–Crippen LogP) is 5.39. The van der Waals surface area contributed by atoms with E-state index in [0.717, 1.165) is 48.8 Å². The number of aromatic hydroxyl groups is 1. The summed E-state index contributed by atoms with van der Waals surface area (Å²) < 4.78 is 5.62. The second kappa shape index (κ2) is 13.8. The van der Waals surface area contributed by atoms with E-state index in [2.05, 4.69) is 5.32 Å². The number of hydrogen-bond acceptors (Lipinski definition) is 6. The monoisotopic (exact) mass is 565 g/mol. The van der Waals surface area contributed by atoms with Crippen LogP contribution in [0, 0.1) is 17.8 Å². The van der Waals surface area contributed by atoms with Crippen molar-refractivity contribution in [1.29, 1.82) is 0 Å². The molecule has 2 aliphatic rings. The second-order valence-electron chi connectivity index (χ2n) is 13.1. The number of rotatable bonds is 11. The lowest BCUT2D eigenvalue weighted by molar-refractivity contribution is -0.157. The van der Waals surface area contributed by atoms with E-state index in [1.807, 2.05) is 45.0 Å². The van der Waals surface area contributed by atoms with Crippen LogP contribution < -0.4 is 5.32 Å². The van der Waals surface area contributed by atoms with Crippen molar-refractivity contribution in [2.24, 2.45) is 17.8 Å². The summed E-state index contributed by atoms with van der Waals surface area (Å²) in [6.45, 7) is 5.52. The largest absolute Gasteiger partial charge is 0.508 e. The molecule has 0 heterocycles. The summed E-state index contributed by atoms with van der Waals surface area (Å²) in [5.74, 6) is -0.900. The minimum Gasteiger partial charge on any atom is -0.508 e. The molecule has 0 unspecified atom stereocenters. The standard InChI is InChI=1S/C34H47NO6/c1-34(2,3)41-31(39)21-25(17-22-9-5-4-6-10-22)29(37)20-26(18-23-13-15-27(36)16-14-23)33(40)35-32-28-12-8-7-11-24(28)19-30(32)38/h7-8,11-16,22,25-26,29-30,32,36-38H,4-6,9-10,17-21H2,1-3H3,(H,35,40)/t25-,26+,29+,30-,32+/m1/s1. The third-order valence-corrected chi connectivity index (χ3v) is 8.57. The fourth-order valence-electron chi connectivity index (χ4n) is 6.53. The number of phenols is 1. The van der Waals surface area contributed by atoms with E-state index in [-0.39, 0.29) is 36.4 Å². The highest BCUT2D eigenvalue weighted by atomic mass is 16.6. The van der Waals surface area contributed by atoms with Crippen molar-refractivity contribution in [2.45, 2.75) is 109 Å². The molecule has 1 fully saturated rings. The van der Waals surface area contributed by atoms with E-state index in [9.17, 15) is 24.9 Å². The smallest absolute Gasteiger partial charge is 0.306 e. The zero-order valence-electron chi connectivity index (χ0n) is 24.7. The molecular weight excluding hydrogens is 518 g/mol. The normalized spacial score (nSPS) is 21.5. The van der Waals surface area contributed by atoms with Gasteiger partial charge in [0.05, 0.1) is 24.7 Å². The molecule has 41 heavy (non-hydrogen) atoms. The third kappa shape index (κ3) is 9.04. The average molecular weight is 566 g/mol. The zero-order chi connectivity index (χ0) is 29.6. The van der Waals surface area contributed by atoms with Crippen LogP contribution in [-0.2, 0) is 27.2 Å². The predicted molar refractivity (Wildman–Crippen MR) is 158 cm³/mol.